The summed E-state index contributed by atoms with van der Waals surface area (Å²) in [6.07, 6.45) is -3.78. The number of aromatic amines is 1. The number of nitrogens with zero attached hydrogens (tertiary/aromatic N) is 1. The summed E-state index contributed by atoms with van der Waals surface area (Å²) in [6.45, 7) is 38.0. The van der Waals surface area contributed by atoms with Crippen molar-refractivity contribution in [2.75, 3.05) is 12.8 Å². The lowest BCUT2D eigenvalue weighted by atomic mass is 9.97. The number of fused-ring (bicyclic) bond motifs is 1. The van der Waals surface area contributed by atoms with E-state index in [1.165, 1.54) is 84.2 Å². The number of rotatable bonds is 11. The number of hydrogen-bond donors (Lipinski definition) is 2. The summed E-state index contributed by atoms with van der Waals surface area (Å²) in [5.41, 5.74) is 17.1. The molecule has 0 aliphatic carbocycles. The van der Waals surface area contributed by atoms with Gasteiger partial charge in [0, 0.05) is 49.0 Å². The van der Waals surface area contributed by atoms with E-state index in [9.17, 15) is 26.3 Å². The molecule has 0 spiro atoms. The predicted molar refractivity (Wildman–Crippen MR) is 460 cm³/mol. The summed E-state index contributed by atoms with van der Waals surface area (Å²) < 4.78 is 84.0. The minimum absolute atomic E-state index is 0.0205. The highest BCUT2D eigenvalue weighted by Gasteiger charge is 2.37. The number of thiophene rings is 1. The Balaban J connectivity index is 0.000000312. The highest BCUT2D eigenvalue weighted by atomic mass is 79.9. The molecular weight excluding hydrogens is 1660 g/mol. The molecule has 3 N–H and O–H groups in total. The third kappa shape index (κ3) is 33.8. The van der Waals surface area contributed by atoms with Crippen LogP contribution >= 0.6 is 98.3 Å². The zero-order valence-corrected chi connectivity index (χ0v) is 73.0. The van der Waals surface area contributed by atoms with Crippen molar-refractivity contribution < 1.29 is 31.1 Å². The maximum atomic E-state index is 12.4. The molecule has 0 atom stereocenters. The van der Waals surface area contributed by atoms with E-state index in [0.717, 1.165) is 37.0 Å². The van der Waals surface area contributed by atoms with Crippen molar-refractivity contribution in [2.24, 2.45) is 0 Å². The molecule has 17 heteroatoms. The van der Waals surface area contributed by atoms with Crippen LogP contribution in [0.3, 0.4) is 0 Å². The number of halogens is 12. The van der Waals surface area contributed by atoms with E-state index in [-0.39, 0.29) is 11.6 Å². The normalized spacial score (nSPS) is 11.0. The number of anilines is 1. The van der Waals surface area contributed by atoms with Crippen molar-refractivity contribution in [3.63, 3.8) is 0 Å². The van der Waals surface area contributed by atoms with E-state index >= 15 is 0 Å². The topological polar surface area (TPSA) is 63.9 Å². The molecule has 0 aliphatic rings. The number of para-hydroxylation sites is 1. The van der Waals surface area contributed by atoms with E-state index in [0.29, 0.717) is 57.4 Å². The molecule has 0 fully saturated rings. The molecule has 0 radical (unpaired) electrons. The zero-order valence-electron chi connectivity index (χ0n) is 64.4. The summed E-state index contributed by atoms with van der Waals surface area (Å²) in [5.74, 6) is 5.19. The molecule has 11 aromatic rings. The van der Waals surface area contributed by atoms with Crippen LogP contribution in [0, 0.1) is 0 Å². The van der Waals surface area contributed by atoms with Gasteiger partial charge in [-0.05, 0) is 253 Å². The average Bonchev–Trinajstić information content (AvgIpc) is 0.925. The van der Waals surface area contributed by atoms with Crippen LogP contribution < -0.4 is 10.5 Å². The van der Waals surface area contributed by atoms with Crippen LogP contribution in [0.1, 0.15) is 238 Å². The van der Waals surface area contributed by atoms with E-state index in [1.54, 1.807) is 7.11 Å². The Morgan fingerprint density at radius 3 is 1.26 bits per heavy atom. The number of nitrogens with one attached hydrogen (secondary N) is 1. The standard InChI is InChI=1S/C15H16.C11H10F6.C11H13N.C10H12Br2O.C9H12BrN.C9H11Br.C9H10Cl2.C8H11N.C7H10S/c1-12(2)13-8-10-15(11-9-13)14-6-4-3-5-7-14;1-6(2)7-3-8(10(12,13)14)5-9(4-7)11(15,16)17;1-8(2)10-7-12-11-6-4-3-5-9(10)11;1-6(2)7-4-8(11)10(13-3)9(12)5-7;1-6(2)7-3-4-9(11)8(10)5-7;1-7(2)8-4-3-5-9(10)6-8;1-6(2)7-3-4-8(10)9(11)5-7;1-7(2)8-3-5-9-6-4-8;1-6(2)7-4-3-5-8-7/h3-12H,1-2H3;3-6H,1-2H3;3-8,12H,1-2H3;4-6H,1-3H3;3-6H,11H2,1-2H3;3-7H,1-2H3;3-6H,1-2H3;3-7H,1-2H3;3-6H,1-2H3. The van der Waals surface area contributed by atoms with E-state index < -0.39 is 29.4 Å². The molecule has 0 amide bonds. The maximum Gasteiger partial charge on any atom is 0.416 e. The molecule has 0 saturated carbocycles. The number of nitrogens with two attached hydrogens (primary N) is 1. The van der Waals surface area contributed by atoms with Crippen molar-refractivity contribution in [3.05, 3.63) is 307 Å². The van der Waals surface area contributed by atoms with Crippen molar-refractivity contribution in [1.29, 1.82) is 0 Å². The highest BCUT2D eigenvalue weighted by Crippen LogP contribution is 2.39. The van der Waals surface area contributed by atoms with E-state index in [4.69, 9.17) is 33.7 Å². The fourth-order valence-corrected chi connectivity index (χ4v) is 13.1. The summed E-state index contributed by atoms with van der Waals surface area (Å²) in [5, 5.41) is 4.73. The molecule has 11 rings (SSSR count). The fraction of sp³-hybridized carbons (Fsp3) is 0.337. The Morgan fingerprint density at radius 2 is 0.849 bits per heavy atom. The highest BCUT2D eigenvalue weighted by molar-refractivity contribution is 9.11. The zero-order chi connectivity index (χ0) is 79.8. The van der Waals surface area contributed by atoms with Gasteiger partial charge in [0.05, 0.1) is 37.2 Å². The predicted octanol–water partition coefficient (Wildman–Crippen LogP) is 32.9. The van der Waals surface area contributed by atoms with Crippen LogP contribution in [0.5, 0.6) is 5.75 Å². The molecule has 572 valence electrons. The van der Waals surface area contributed by atoms with Crippen molar-refractivity contribution in [1.82, 2.24) is 9.97 Å². The van der Waals surface area contributed by atoms with Gasteiger partial charge in [0.25, 0.3) is 0 Å². The Labute approximate surface area is 676 Å². The van der Waals surface area contributed by atoms with Crippen LogP contribution in [0.2, 0.25) is 10.0 Å². The molecule has 8 aromatic carbocycles. The Hall–Kier alpha value is -6.17. The smallest absolute Gasteiger partial charge is 0.416 e. The second-order valence-corrected chi connectivity index (χ2v) is 33.1. The molecule has 4 nitrogen and oxygen atoms in total. The minimum Gasteiger partial charge on any atom is -0.494 e. The van der Waals surface area contributed by atoms with Gasteiger partial charge in [-0.15, -0.1) is 11.3 Å². The van der Waals surface area contributed by atoms with Gasteiger partial charge in [0.2, 0.25) is 0 Å². The van der Waals surface area contributed by atoms with Gasteiger partial charge < -0.3 is 15.5 Å². The molecule has 0 bridgehead atoms. The Bertz CT molecular complexity index is 4180. The Kier molecular flexibility index (Phi) is 41.7. The van der Waals surface area contributed by atoms with Gasteiger partial charge in [-0.1, -0.05) is 267 Å². The maximum absolute atomic E-state index is 12.4. The van der Waals surface area contributed by atoms with Crippen molar-refractivity contribution in [2.45, 2.75) is 190 Å². The number of methoxy groups -OCH3 is 1. The van der Waals surface area contributed by atoms with Gasteiger partial charge in [-0.3, -0.25) is 4.98 Å². The second-order valence-electron chi connectivity index (χ2n) is 27.8. The van der Waals surface area contributed by atoms with E-state index in [2.05, 4.69) is 323 Å². The van der Waals surface area contributed by atoms with Gasteiger partial charge in [0.15, 0.2) is 0 Å². The van der Waals surface area contributed by atoms with Gasteiger partial charge in [-0.25, -0.2) is 0 Å². The van der Waals surface area contributed by atoms with Crippen LogP contribution in [0.4, 0.5) is 32.0 Å². The molecule has 3 aromatic heterocycles. The van der Waals surface area contributed by atoms with Gasteiger partial charge in [0.1, 0.15) is 5.75 Å². The SMILES string of the molecule is CC(C)c1c[nH]c2ccccc12.CC(C)c1cc(C(F)(F)F)cc(C(F)(F)F)c1.CC(C)c1ccc(-c2ccccc2)cc1.CC(C)c1ccc(Cl)c(Cl)c1.CC(C)c1ccc(N)c(Br)c1.CC(C)c1cccc(Br)c1.CC(C)c1cccs1.CC(C)c1ccncc1.COc1c(Br)cc(C(C)C)cc1Br. The number of ether oxygens (including phenoxy) is 1. The first-order valence-electron chi connectivity index (χ1n) is 35.4. The minimum atomic E-state index is -4.77. The summed E-state index contributed by atoms with van der Waals surface area (Å²) in [7, 11) is 1.67. The number of nitrogen functional groups attached to an aromatic ring is 1. The van der Waals surface area contributed by atoms with Crippen LogP contribution in [0.15, 0.2) is 236 Å². The first-order valence-corrected chi connectivity index (χ1v) is 40.2. The third-order valence-electron chi connectivity index (χ3n) is 16.4. The van der Waals surface area contributed by atoms with Crippen molar-refractivity contribution in [3.8, 4) is 16.9 Å². The quantitative estimate of drug-likeness (QED) is 0.100. The molecule has 106 heavy (non-hydrogen) atoms. The van der Waals surface area contributed by atoms with Crippen LogP contribution in [-0.2, 0) is 12.4 Å². The van der Waals surface area contributed by atoms with Crippen LogP contribution in [-0.4, -0.2) is 17.1 Å². The molecule has 3 heterocycles. The summed E-state index contributed by atoms with van der Waals surface area (Å²) in [4.78, 5) is 8.67. The molecule has 0 aliphatic heterocycles. The lowest BCUT2D eigenvalue weighted by Gasteiger charge is -2.15. The molecule has 0 unspecified atom stereocenters. The number of hydrogen-bond acceptors (Lipinski definition) is 4. The average molecular weight is 1770 g/mol. The summed E-state index contributed by atoms with van der Waals surface area (Å²) in [6, 6.07) is 62.1. The van der Waals surface area contributed by atoms with Gasteiger partial charge >= 0.3 is 12.4 Å². The number of H-pyrrole nitrogens is 1. The summed E-state index contributed by atoms with van der Waals surface area (Å²) >= 11 is 27.2. The number of alkyl halides is 6. The lowest BCUT2D eigenvalue weighted by Crippen LogP contribution is -2.12. The Morgan fingerprint density at radius 1 is 0.406 bits per heavy atom. The van der Waals surface area contributed by atoms with Crippen molar-refractivity contribution >= 4 is 115 Å². The van der Waals surface area contributed by atoms with E-state index in [1.807, 2.05) is 72.3 Å². The first-order chi connectivity index (χ1) is 49.7. The van der Waals surface area contributed by atoms with Gasteiger partial charge in [-0.2, -0.15) is 26.3 Å². The monoisotopic (exact) mass is 1760 g/mol. The number of benzene rings is 8. The number of aromatic nitrogens is 2. The van der Waals surface area contributed by atoms with Crippen LogP contribution in [0.25, 0.3) is 22.0 Å². The largest absolute Gasteiger partial charge is 0.494 e. The first kappa shape index (κ1) is 94.0. The lowest BCUT2D eigenvalue weighted by molar-refractivity contribution is -0.143. The molecular formula is C89H105Br4Cl2F6N3OS. The fourth-order valence-electron chi connectivity index (χ4n) is 9.69. The number of pyridine rings is 1. The molecule has 0 saturated heterocycles. The third-order valence-corrected chi connectivity index (χ3v) is 20.7. The second kappa shape index (κ2) is 47.0.